The maximum atomic E-state index is 13.9. The number of rotatable bonds is 1. The summed E-state index contributed by atoms with van der Waals surface area (Å²) in [5, 5.41) is 9.65. The van der Waals surface area contributed by atoms with Crippen molar-refractivity contribution in [1.82, 2.24) is 4.90 Å². The lowest BCUT2D eigenvalue weighted by Crippen LogP contribution is -2.62. The quantitative estimate of drug-likeness (QED) is 0.809. The van der Waals surface area contributed by atoms with Crippen molar-refractivity contribution in [2.45, 2.75) is 32.0 Å². The first-order valence-electron chi connectivity index (χ1n) is 6.38. The van der Waals surface area contributed by atoms with E-state index in [0.717, 1.165) is 12.1 Å². The fourth-order valence-corrected chi connectivity index (χ4v) is 2.26. The number of β-amino-alcohol motifs (C(OH)–C–C–N with tert-alkyl or cyclic N) is 1. The average Bonchev–Trinajstić information content (AvgIpc) is 2.30. The molecule has 116 valence electrons. The number of likely N-dealkylation sites (tertiary alicyclic amines) is 1. The predicted octanol–water partition coefficient (Wildman–Crippen LogP) is 3.06. The van der Waals surface area contributed by atoms with Crippen molar-refractivity contribution < 1.29 is 23.4 Å². The SMILES string of the molecule is CC(C)(C)OC(=O)N1CC(O)(c2ccc(F)c(Cl)c2F)C1. The van der Waals surface area contributed by atoms with E-state index in [0.29, 0.717) is 0 Å². The fourth-order valence-electron chi connectivity index (χ4n) is 2.10. The van der Waals surface area contributed by atoms with Crippen molar-refractivity contribution in [3.8, 4) is 0 Å². The summed E-state index contributed by atoms with van der Waals surface area (Å²) in [4.78, 5) is 13.0. The summed E-state index contributed by atoms with van der Waals surface area (Å²) < 4.78 is 32.2. The molecule has 0 aliphatic carbocycles. The molecule has 1 amide bonds. The highest BCUT2D eigenvalue weighted by Crippen LogP contribution is 2.36. The highest BCUT2D eigenvalue weighted by molar-refractivity contribution is 6.31. The fraction of sp³-hybridized carbons (Fsp3) is 0.500. The summed E-state index contributed by atoms with van der Waals surface area (Å²) in [7, 11) is 0. The van der Waals surface area contributed by atoms with Crippen LogP contribution in [0, 0.1) is 11.6 Å². The third-order valence-electron chi connectivity index (χ3n) is 3.09. The largest absolute Gasteiger partial charge is 0.444 e. The maximum absolute atomic E-state index is 13.9. The van der Waals surface area contributed by atoms with E-state index in [4.69, 9.17) is 16.3 Å². The molecule has 0 saturated carbocycles. The van der Waals surface area contributed by atoms with Crippen molar-refractivity contribution in [1.29, 1.82) is 0 Å². The zero-order valence-corrected chi connectivity index (χ0v) is 12.7. The van der Waals surface area contributed by atoms with E-state index < -0.39 is 34.0 Å². The number of hydrogen-bond donors (Lipinski definition) is 1. The van der Waals surface area contributed by atoms with Gasteiger partial charge in [-0.2, -0.15) is 0 Å². The number of carbonyl (C=O) groups excluding carboxylic acids is 1. The summed E-state index contributed by atoms with van der Waals surface area (Å²) in [6, 6.07) is 2.11. The van der Waals surface area contributed by atoms with Gasteiger partial charge < -0.3 is 14.7 Å². The number of benzene rings is 1. The zero-order valence-electron chi connectivity index (χ0n) is 11.9. The molecule has 2 rings (SSSR count). The second-order valence-corrected chi connectivity index (χ2v) is 6.47. The van der Waals surface area contributed by atoms with Crippen LogP contribution >= 0.6 is 11.6 Å². The van der Waals surface area contributed by atoms with Crippen LogP contribution in [-0.4, -0.2) is 34.8 Å². The average molecular weight is 320 g/mol. The van der Waals surface area contributed by atoms with Crippen molar-refractivity contribution in [2.24, 2.45) is 0 Å². The molecule has 0 radical (unpaired) electrons. The van der Waals surface area contributed by atoms with Crippen molar-refractivity contribution >= 4 is 17.7 Å². The van der Waals surface area contributed by atoms with Gasteiger partial charge in [0, 0.05) is 5.56 Å². The first-order valence-corrected chi connectivity index (χ1v) is 6.75. The third kappa shape index (κ3) is 3.11. The molecule has 1 aliphatic heterocycles. The summed E-state index contributed by atoms with van der Waals surface area (Å²) in [6.07, 6.45) is -0.596. The van der Waals surface area contributed by atoms with Gasteiger partial charge in [0.25, 0.3) is 0 Å². The molecule has 0 spiro atoms. The van der Waals surface area contributed by atoms with Crippen molar-refractivity contribution in [3.63, 3.8) is 0 Å². The van der Waals surface area contributed by atoms with Gasteiger partial charge in [-0.1, -0.05) is 17.7 Å². The number of hydrogen-bond acceptors (Lipinski definition) is 3. The van der Waals surface area contributed by atoms with Crippen LogP contribution in [0.25, 0.3) is 0 Å². The van der Waals surface area contributed by atoms with Crippen LogP contribution in [0.15, 0.2) is 12.1 Å². The van der Waals surface area contributed by atoms with Gasteiger partial charge in [0.1, 0.15) is 22.0 Å². The van der Waals surface area contributed by atoms with E-state index in [-0.39, 0.29) is 18.7 Å². The van der Waals surface area contributed by atoms with Crippen LogP contribution in [0.3, 0.4) is 0 Å². The monoisotopic (exact) mass is 319 g/mol. The number of aliphatic hydroxyl groups is 1. The lowest BCUT2D eigenvalue weighted by Gasteiger charge is -2.46. The summed E-state index contributed by atoms with van der Waals surface area (Å²) in [5.41, 5.74) is -2.37. The Morgan fingerprint density at radius 2 is 1.95 bits per heavy atom. The molecule has 0 bridgehead atoms. The number of nitrogens with zero attached hydrogens (tertiary/aromatic N) is 1. The smallest absolute Gasteiger partial charge is 0.410 e. The molecule has 1 aliphatic rings. The second-order valence-electron chi connectivity index (χ2n) is 6.09. The van der Waals surface area contributed by atoms with Gasteiger partial charge in [-0.15, -0.1) is 0 Å². The first kappa shape index (κ1) is 16.0. The van der Waals surface area contributed by atoms with Gasteiger partial charge in [0.2, 0.25) is 0 Å². The van der Waals surface area contributed by atoms with Crippen LogP contribution in [0.5, 0.6) is 0 Å². The first-order chi connectivity index (χ1) is 9.53. The molecule has 4 nitrogen and oxygen atoms in total. The minimum atomic E-state index is -1.58. The molecule has 0 atom stereocenters. The molecule has 1 N–H and O–H groups in total. The Morgan fingerprint density at radius 1 is 1.38 bits per heavy atom. The van der Waals surface area contributed by atoms with Crippen molar-refractivity contribution in [2.75, 3.05) is 13.1 Å². The number of ether oxygens (including phenoxy) is 1. The normalized spacial score (nSPS) is 17.4. The third-order valence-corrected chi connectivity index (χ3v) is 3.44. The predicted molar refractivity (Wildman–Crippen MR) is 73.1 cm³/mol. The Hall–Kier alpha value is -1.40. The Balaban J connectivity index is 2.12. The van der Waals surface area contributed by atoms with Gasteiger partial charge in [0.15, 0.2) is 5.82 Å². The molecule has 1 fully saturated rings. The standard InChI is InChI=1S/C14H16ClF2NO3/c1-13(2,3)21-12(19)18-6-14(20,7-18)8-4-5-9(16)10(15)11(8)17/h4-5,20H,6-7H2,1-3H3. The molecule has 7 heteroatoms. The number of amides is 1. The topological polar surface area (TPSA) is 49.8 Å². The van der Waals surface area contributed by atoms with E-state index in [9.17, 15) is 18.7 Å². The molecular weight excluding hydrogens is 304 g/mol. The van der Waals surface area contributed by atoms with Crippen LogP contribution in [0.1, 0.15) is 26.3 Å². The maximum Gasteiger partial charge on any atom is 0.410 e. The van der Waals surface area contributed by atoms with E-state index in [1.807, 2.05) is 0 Å². The lowest BCUT2D eigenvalue weighted by atomic mass is 9.86. The van der Waals surface area contributed by atoms with E-state index >= 15 is 0 Å². The van der Waals surface area contributed by atoms with Crippen LogP contribution in [0.4, 0.5) is 13.6 Å². The van der Waals surface area contributed by atoms with Gasteiger partial charge in [-0.3, -0.25) is 0 Å². The van der Waals surface area contributed by atoms with Gasteiger partial charge in [-0.05, 0) is 26.8 Å². The van der Waals surface area contributed by atoms with E-state index in [1.165, 1.54) is 4.90 Å². The molecule has 1 aromatic carbocycles. The molecular formula is C14H16ClF2NO3. The minimum Gasteiger partial charge on any atom is -0.444 e. The van der Waals surface area contributed by atoms with Crippen LogP contribution < -0.4 is 0 Å². The summed E-state index contributed by atoms with van der Waals surface area (Å²) >= 11 is 5.49. The zero-order chi connectivity index (χ0) is 16.0. The van der Waals surface area contributed by atoms with Crippen molar-refractivity contribution in [3.05, 3.63) is 34.4 Å². The van der Waals surface area contributed by atoms with Crippen LogP contribution in [-0.2, 0) is 10.3 Å². The molecule has 0 unspecified atom stereocenters. The Labute approximate surface area is 126 Å². The molecule has 1 aromatic rings. The van der Waals surface area contributed by atoms with Gasteiger partial charge >= 0.3 is 6.09 Å². The Bertz CT molecular complexity index is 580. The molecule has 1 heterocycles. The van der Waals surface area contributed by atoms with E-state index in [1.54, 1.807) is 20.8 Å². The Kier molecular flexibility index (Phi) is 3.88. The molecule has 1 saturated heterocycles. The number of carbonyl (C=O) groups is 1. The van der Waals surface area contributed by atoms with Gasteiger partial charge in [-0.25, -0.2) is 13.6 Å². The summed E-state index contributed by atoms with van der Waals surface area (Å²) in [5.74, 6) is -1.91. The van der Waals surface area contributed by atoms with Gasteiger partial charge in [0.05, 0.1) is 13.1 Å². The minimum absolute atomic E-state index is 0.131. The van der Waals surface area contributed by atoms with E-state index in [2.05, 4.69) is 0 Å². The molecule has 21 heavy (non-hydrogen) atoms. The summed E-state index contributed by atoms with van der Waals surface area (Å²) in [6.45, 7) is 4.88. The number of halogens is 3. The Morgan fingerprint density at radius 3 is 2.48 bits per heavy atom. The second kappa shape index (κ2) is 5.10. The molecule has 0 aromatic heterocycles. The van der Waals surface area contributed by atoms with Crippen LogP contribution in [0.2, 0.25) is 5.02 Å². The highest BCUT2D eigenvalue weighted by atomic mass is 35.5. The lowest BCUT2D eigenvalue weighted by molar-refractivity contribution is -0.105. The highest BCUT2D eigenvalue weighted by Gasteiger charge is 2.48.